The number of benzene rings is 1. The average Bonchev–Trinajstić information content (AvgIpc) is 2.47. The normalized spacial score (nSPS) is 18.4. The van der Waals surface area contributed by atoms with Gasteiger partial charge in [-0.1, -0.05) is 12.1 Å². The Morgan fingerprint density at radius 2 is 2.23 bits per heavy atom. The maximum Gasteiger partial charge on any atom is 0.238 e. The van der Waals surface area contributed by atoms with E-state index in [0.29, 0.717) is 37.5 Å². The van der Waals surface area contributed by atoms with Crippen molar-refractivity contribution in [3.05, 3.63) is 29.8 Å². The molecule has 1 aromatic carbocycles. The van der Waals surface area contributed by atoms with Crippen molar-refractivity contribution in [2.24, 2.45) is 5.73 Å². The molecule has 0 saturated carbocycles. The molecule has 7 heteroatoms. The molecule has 22 heavy (non-hydrogen) atoms. The third-order valence-corrected chi connectivity index (χ3v) is 3.41. The molecule has 122 valence electrons. The fourth-order valence-corrected chi connectivity index (χ4v) is 2.29. The molecule has 1 aliphatic rings. The summed E-state index contributed by atoms with van der Waals surface area (Å²) in [6, 6.07) is 6.94. The van der Waals surface area contributed by atoms with E-state index in [2.05, 4.69) is 5.32 Å². The number of carbonyl (C=O) groups excluding carboxylic acids is 2. The Morgan fingerprint density at radius 1 is 1.45 bits per heavy atom. The molecule has 1 aliphatic heterocycles. The van der Waals surface area contributed by atoms with E-state index < -0.39 is 0 Å². The lowest BCUT2D eigenvalue weighted by molar-refractivity contribution is -0.119. The Balaban J connectivity index is 0.00000242. The summed E-state index contributed by atoms with van der Waals surface area (Å²) in [5, 5.41) is 2.81. The van der Waals surface area contributed by atoms with Crippen LogP contribution in [0.15, 0.2) is 24.3 Å². The van der Waals surface area contributed by atoms with Gasteiger partial charge in [0.2, 0.25) is 5.91 Å². The molecule has 3 N–H and O–H groups in total. The highest BCUT2D eigenvalue weighted by Gasteiger charge is 2.21. The lowest BCUT2D eigenvalue weighted by Crippen LogP contribution is -2.48. The Hall–Kier alpha value is -1.47. The number of nitrogens with one attached hydrogen (secondary N) is 1. The first kappa shape index (κ1) is 18.6. The Morgan fingerprint density at radius 3 is 2.91 bits per heavy atom. The molecule has 1 amide bonds. The highest BCUT2D eigenvalue weighted by atomic mass is 35.5. The van der Waals surface area contributed by atoms with Gasteiger partial charge in [-0.3, -0.25) is 14.5 Å². The van der Waals surface area contributed by atoms with Gasteiger partial charge in [-0.05, 0) is 19.1 Å². The fraction of sp³-hybridized carbons (Fsp3) is 0.467. The van der Waals surface area contributed by atoms with Crippen LogP contribution in [0.3, 0.4) is 0 Å². The van der Waals surface area contributed by atoms with E-state index in [1.54, 1.807) is 24.3 Å². The predicted octanol–water partition coefficient (Wildman–Crippen LogP) is 0.909. The van der Waals surface area contributed by atoms with E-state index in [9.17, 15) is 9.59 Å². The molecule has 1 saturated heterocycles. The number of rotatable bonds is 5. The smallest absolute Gasteiger partial charge is 0.238 e. The number of carbonyl (C=O) groups is 2. The maximum absolute atomic E-state index is 12.0. The van der Waals surface area contributed by atoms with Gasteiger partial charge in [0.1, 0.15) is 0 Å². The second-order valence-corrected chi connectivity index (χ2v) is 5.15. The minimum Gasteiger partial charge on any atom is -0.374 e. The van der Waals surface area contributed by atoms with Crippen LogP contribution in [0.5, 0.6) is 0 Å². The van der Waals surface area contributed by atoms with Gasteiger partial charge in [-0.2, -0.15) is 0 Å². The van der Waals surface area contributed by atoms with E-state index >= 15 is 0 Å². The van der Waals surface area contributed by atoms with E-state index in [4.69, 9.17) is 10.5 Å². The Bertz CT molecular complexity index is 525. The first-order valence-electron chi connectivity index (χ1n) is 7.03. The van der Waals surface area contributed by atoms with Gasteiger partial charge in [0.25, 0.3) is 0 Å². The molecule has 1 atom stereocenters. The zero-order valence-corrected chi connectivity index (χ0v) is 13.4. The van der Waals surface area contributed by atoms with Crippen molar-refractivity contribution in [3.8, 4) is 0 Å². The van der Waals surface area contributed by atoms with Crippen LogP contribution in [0.4, 0.5) is 5.69 Å². The number of halogens is 1. The van der Waals surface area contributed by atoms with E-state index in [1.165, 1.54) is 6.92 Å². The van der Waals surface area contributed by atoms with E-state index in [1.807, 2.05) is 4.90 Å². The van der Waals surface area contributed by atoms with Gasteiger partial charge < -0.3 is 15.8 Å². The number of ether oxygens (including phenoxy) is 1. The van der Waals surface area contributed by atoms with Crippen molar-refractivity contribution in [3.63, 3.8) is 0 Å². The Kier molecular flexibility index (Phi) is 7.47. The SMILES string of the molecule is CC(=O)c1cccc(NC(=O)CN2CCOC(CN)C2)c1.Cl. The summed E-state index contributed by atoms with van der Waals surface area (Å²) in [6.45, 7) is 4.23. The molecular weight excluding hydrogens is 306 g/mol. The molecule has 1 aromatic rings. The number of hydrogen-bond acceptors (Lipinski definition) is 5. The molecule has 0 aliphatic carbocycles. The van der Waals surface area contributed by atoms with E-state index in [-0.39, 0.29) is 30.2 Å². The minimum atomic E-state index is -0.103. The lowest BCUT2D eigenvalue weighted by Gasteiger charge is -2.31. The van der Waals surface area contributed by atoms with Crippen molar-refractivity contribution >= 4 is 29.8 Å². The number of anilines is 1. The first-order valence-corrected chi connectivity index (χ1v) is 7.03. The summed E-state index contributed by atoms with van der Waals surface area (Å²) in [5.74, 6) is -0.126. The topological polar surface area (TPSA) is 84.7 Å². The van der Waals surface area contributed by atoms with Gasteiger partial charge in [-0.15, -0.1) is 12.4 Å². The summed E-state index contributed by atoms with van der Waals surface area (Å²) in [4.78, 5) is 25.4. The van der Waals surface area contributed by atoms with Crippen LogP contribution in [0, 0.1) is 0 Å². The molecule has 6 nitrogen and oxygen atoms in total. The van der Waals surface area contributed by atoms with Crippen molar-refractivity contribution in [2.75, 3.05) is 38.1 Å². The minimum absolute atomic E-state index is 0. The van der Waals surface area contributed by atoms with Gasteiger partial charge >= 0.3 is 0 Å². The van der Waals surface area contributed by atoms with Crippen molar-refractivity contribution in [2.45, 2.75) is 13.0 Å². The molecule has 0 radical (unpaired) electrons. The van der Waals surface area contributed by atoms with Crippen LogP contribution in [0.25, 0.3) is 0 Å². The number of hydrogen-bond donors (Lipinski definition) is 2. The quantitative estimate of drug-likeness (QED) is 0.785. The van der Waals surface area contributed by atoms with Crippen LogP contribution in [-0.2, 0) is 9.53 Å². The summed E-state index contributed by atoms with van der Waals surface area (Å²) in [7, 11) is 0. The number of morpholine rings is 1. The number of amides is 1. The molecule has 2 rings (SSSR count). The molecule has 1 heterocycles. The second kappa shape index (κ2) is 8.85. The van der Waals surface area contributed by atoms with Gasteiger partial charge in [0.05, 0.1) is 19.3 Å². The van der Waals surface area contributed by atoms with Crippen LogP contribution in [-0.4, -0.2) is 55.5 Å². The first-order chi connectivity index (χ1) is 10.1. The molecule has 0 spiro atoms. The predicted molar refractivity (Wildman–Crippen MR) is 87.6 cm³/mol. The highest BCUT2D eigenvalue weighted by molar-refractivity contribution is 5.97. The summed E-state index contributed by atoms with van der Waals surface area (Å²) >= 11 is 0. The maximum atomic E-state index is 12.0. The van der Waals surface area contributed by atoms with E-state index in [0.717, 1.165) is 6.54 Å². The fourth-order valence-electron chi connectivity index (χ4n) is 2.29. The zero-order chi connectivity index (χ0) is 15.2. The second-order valence-electron chi connectivity index (χ2n) is 5.15. The number of nitrogens with zero attached hydrogens (tertiary/aromatic N) is 1. The number of Topliss-reactive ketones (excluding diaryl/α,β-unsaturated/α-hetero) is 1. The summed E-state index contributed by atoms with van der Waals surface area (Å²) in [6.07, 6.45) is -0.00686. The van der Waals surface area contributed by atoms with Crippen LogP contribution >= 0.6 is 12.4 Å². The van der Waals surface area contributed by atoms with Crippen LogP contribution in [0.1, 0.15) is 17.3 Å². The molecular formula is C15H22ClN3O3. The molecule has 1 fully saturated rings. The monoisotopic (exact) mass is 327 g/mol. The van der Waals surface area contributed by atoms with Gasteiger partial charge in [0, 0.05) is 30.9 Å². The van der Waals surface area contributed by atoms with Crippen molar-refractivity contribution < 1.29 is 14.3 Å². The van der Waals surface area contributed by atoms with Crippen molar-refractivity contribution in [1.29, 1.82) is 0 Å². The molecule has 0 aromatic heterocycles. The summed E-state index contributed by atoms with van der Waals surface area (Å²) < 4.78 is 5.46. The third kappa shape index (κ3) is 5.38. The summed E-state index contributed by atoms with van der Waals surface area (Å²) in [5.41, 5.74) is 6.80. The van der Waals surface area contributed by atoms with Gasteiger partial charge in [-0.25, -0.2) is 0 Å². The zero-order valence-electron chi connectivity index (χ0n) is 12.6. The largest absolute Gasteiger partial charge is 0.374 e. The standard InChI is InChI=1S/C15H21N3O3.ClH/c1-11(19)12-3-2-4-13(7-12)17-15(20)10-18-5-6-21-14(8-16)9-18;/h2-4,7,14H,5-6,8-10,16H2,1H3,(H,17,20);1H. The Labute approximate surface area is 136 Å². The van der Waals surface area contributed by atoms with Gasteiger partial charge in [0.15, 0.2) is 5.78 Å². The number of ketones is 1. The van der Waals surface area contributed by atoms with Crippen molar-refractivity contribution in [1.82, 2.24) is 4.90 Å². The number of nitrogens with two attached hydrogens (primary N) is 1. The van der Waals surface area contributed by atoms with Crippen LogP contribution < -0.4 is 11.1 Å². The molecule has 1 unspecified atom stereocenters. The lowest BCUT2D eigenvalue weighted by atomic mass is 10.1. The highest BCUT2D eigenvalue weighted by Crippen LogP contribution is 2.11. The third-order valence-electron chi connectivity index (χ3n) is 3.41. The van der Waals surface area contributed by atoms with Crippen LogP contribution in [0.2, 0.25) is 0 Å². The average molecular weight is 328 g/mol. The molecule has 0 bridgehead atoms.